The van der Waals surface area contributed by atoms with Crippen molar-refractivity contribution in [3.63, 3.8) is 0 Å². The first kappa shape index (κ1) is 13.1. The molecule has 0 amide bonds. The SMILES string of the molecule is Cc1c(N)cc(Br)cc1C(=O)OCc1ccsc1. The van der Waals surface area contributed by atoms with Crippen molar-refractivity contribution in [3.05, 3.63) is 50.1 Å². The lowest BCUT2D eigenvalue weighted by molar-refractivity contribution is 0.0472. The van der Waals surface area contributed by atoms with Crippen LogP contribution in [0, 0.1) is 6.92 Å². The maximum absolute atomic E-state index is 12.0. The van der Waals surface area contributed by atoms with Crippen LogP contribution in [-0.4, -0.2) is 5.97 Å². The summed E-state index contributed by atoms with van der Waals surface area (Å²) in [6, 6.07) is 5.42. The molecule has 0 aliphatic heterocycles. The summed E-state index contributed by atoms with van der Waals surface area (Å²) in [5.41, 5.74) is 8.63. The maximum atomic E-state index is 12.0. The molecule has 0 saturated carbocycles. The van der Waals surface area contributed by atoms with Gasteiger partial charge in [-0.3, -0.25) is 0 Å². The molecule has 0 bridgehead atoms. The molecule has 1 aromatic heterocycles. The number of nitrogen functional groups attached to an aromatic ring is 1. The van der Waals surface area contributed by atoms with Gasteiger partial charge in [-0.2, -0.15) is 11.3 Å². The molecule has 1 aromatic carbocycles. The molecule has 0 saturated heterocycles. The van der Waals surface area contributed by atoms with Gasteiger partial charge in [0.2, 0.25) is 0 Å². The highest BCUT2D eigenvalue weighted by Gasteiger charge is 2.13. The van der Waals surface area contributed by atoms with Crippen LogP contribution >= 0.6 is 27.3 Å². The van der Waals surface area contributed by atoms with Crippen molar-refractivity contribution in [2.24, 2.45) is 0 Å². The Balaban J connectivity index is 2.14. The van der Waals surface area contributed by atoms with Crippen LogP contribution in [0.25, 0.3) is 0 Å². The largest absolute Gasteiger partial charge is 0.457 e. The zero-order chi connectivity index (χ0) is 13.1. The third-order valence-corrected chi connectivity index (χ3v) is 3.77. The van der Waals surface area contributed by atoms with Gasteiger partial charge < -0.3 is 10.5 Å². The Morgan fingerprint density at radius 1 is 1.50 bits per heavy atom. The number of carbonyl (C=O) groups excluding carboxylic acids is 1. The number of nitrogens with two attached hydrogens (primary N) is 1. The summed E-state index contributed by atoms with van der Waals surface area (Å²) in [7, 11) is 0. The van der Waals surface area contributed by atoms with Crippen molar-refractivity contribution in [1.82, 2.24) is 0 Å². The molecular weight excluding hydrogens is 314 g/mol. The molecule has 0 aliphatic carbocycles. The Morgan fingerprint density at radius 3 is 2.94 bits per heavy atom. The summed E-state index contributed by atoms with van der Waals surface area (Å²) in [6.45, 7) is 2.09. The number of halogens is 1. The van der Waals surface area contributed by atoms with Crippen LogP contribution in [0.3, 0.4) is 0 Å². The van der Waals surface area contributed by atoms with Gasteiger partial charge in [-0.25, -0.2) is 4.79 Å². The minimum Gasteiger partial charge on any atom is -0.457 e. The first-order valence-corrected chi connectivity index (χ1v) is 7.05. The van der Waals surface area contributed by atoms with E-state index in [2.05, 4.69) is 15.9 Å². The van der Waals surface area contributed by atoms with Gasteiger partial charge in [-0.1, -0.05) is 15.9 Å². The second-order valence-corrected chi connectivity index (χ2v) is 5.57. The normalized spacial score (nSPS) is 10.3. The van der Waals surface area contributed by atoms with Crippen LogP contribution in [0.15, 0.2) is 33.4 Å². The van der Waals surface area contributed by atoms with Crippen molar-refractivity contribution < 1.29 is 9.53 Å². The van der Waals surface area contributed by atoms with Crippen LogP contribution in [0.1, 0.15) is 21.5 Å². The van der Waals surface area contributed by atoms with E-state index in [4.69, 9.17) is 10.5 Å². The number of thiophene rings is 1. The van der Waals surface area contributed by atoms with Crippen molar-refractivity contribution in [1.29, 1.82) is 0 Å². The van der Waals surface area contributed by atoms with Gasteiger partial charge in [0.25, 0.3) is 0 Å². The standard InChI is InChI=1S/C13H12BrNO2S/c1-8-11(4-10(14)5-12(8)15)13(16)17-6-9-2-3-18-7-9/h2-5,7H,6,15H2,1H3. The number of rotatable bonds is 3. The molecule has 2 aromatic rings. The van der Waals surface area contributed by atoms with E-state index in [0.29, 0.717) is 11.3 Å². The van der Waals surface area contributed by atoms with Gasteiger partial charge in [0, 0.05) is 15.7 Å². The van der Waals surface area contributed by atoms with Gasteiger partial charge in [0.05, 0.1) is 5.56 Å². The van der Waals surface area contributed by atoms with Gasteiger partial charge in [0.1, 0.15) is 6.61 Å². The van der Waals surface area contributed by atoms with Crippen molar-refractivity contribution in [2.45, 2.75) is 13.5 Å². The lowest BCUT2D eigenvalue weighted by atomic mass is 10.1. The number of carbonyl (C=O) groups is 1. The van der Waals surface area contributed by atoms with E-state index in [1.807, 2.05) is 23.8 Å². The van der Waals surface area contributed by atoms with Crippen LogP contribution in [0.4, 0.5) is 5.69 Å². The fourth-order valence-electron chi connectivity index (χ4n) is 1.51. The quantitative estimate of drug-likeness (QED) is 0.690. The minimum absolute atomic E-state index is 0.286. The number of hydrogen-bond acceptors (Lipinski definition) is 4. The zero-order valence-corrected chi connectivity index (χ0v) is 12.2. The van der Waals surface area contributed by atoms with E-state index in [9.17, 15) is 4.79 Å². The lowest BCUT2D eigenvalue weighted by Crippen LogP contribution is -2.08. The summed E-state index contributed by atoms with van der Waals surface area (Å²) in [6.07, 6.45) is 0. The van der Waals surface area contributed by atoms with Gasteiger partial charge in [0.15, 0.2) is 0 Å². The Labute approximate surface area is 118 Å². The predicted molar refractivity (Wildman–Crippen MR) is 76.7 cm³/mol. The molecule has 2 rings (SSSR count). The van der Waals surface area contributed by atoms with Crippen molar-refractivity contribution >= 4 is 38.9 Å². The van der Waals surface area contributed by atoms with E-state index >= 15 is 0 Å². The number of hydrogen-bond donors (Lipinski definition) is 1. The Bertz CT molecular complexity index is 567. The first-order valence-electron chi connectivity index (χ1n) is 5.31. The number of esters is 1. The van der Waals surface area contributed by atoms with Gasteiger partial charge in [-0.05, 0) is 41.4 Å². The van der Waals surface area contributed by atoms with E-state index in [1.165, 1.54) is 0 Å². The fourth-order valence-corrected chi connectivity index (χ4v) is 2.64. The van der Waals surface area contributed by atoms with Crippen LogP contribution in [0.2, 0.25) is 0 Å². The predicted octanol–water partition coefficient (Wildman–Crippen LogP) is 3.76. The molecule has 0 aliphatic rings. The number of benzene rings is 1. The molecule has 0 fully saturated rings. The summed E-state index contributed by atoms with van der Waals surface area (Å²) in [5.74, 6) is -0.355. The van der Waals surface area contributed by atoms with Crippen LogP contribution < -0.4 is 5.73 Å². The Kier molecular flexibility index (Phi) is 4.04. The minimum atomic E-state index is -0.355. The summed E-state index contributed by atoms with van der Waals surface area (Å²) in [5, 5.41) is 3.90. The zero-order valence-electron chi connectivity index (χ0n) is 9.77. The monoisotopic (exact) mass is 325 g/mol. The molecule has 0 atom stereocenters. The molecule has 2 N–H and O–H groups in total. The highest BCUT2D eigenvalue weighted by atomic mass is 79.9. The maximum Gasteiger partial charge on any atom is 0.338 e. The fraction of sp³-hybridized carbons (Fsp3) is 0.154. The molecule has 0 unspecified atom stereocenters. The van der Waals surface area contributed by atoms with Crippen LogP contribution in [-0.2, 0) is 11.3 Å². The summed E-state index contributed by atoms with van der Waals surface area (Å²) in [4.78, 5) is 12.0. The Morgan fingerprint density at radius 2 is 2.28 bits per heavy atom. The van der Waals surface area contributed by atoms with E-state index in [-0.39, 0.29) is 12.6 Å². The third kappa shape index (κ3) is 2.91. The highest BCUT2D eigenvalue weighted by molar-refractivity contribution is 9.10. The number of ether oxygens (including phenoxy) is 1. The van der Waals surface area contributed by atoms with Crippen molar-refractivity contribution in [2.75, 3.05) is 5.73 Å². The van der Waals surface area contributed by atoms with E-state index < -0.39 is 0 Å². The molecule has 18 heavy (non-hydrogen) atoms. The number of anilines is 1. The average Bonchev–Trinajstić information content (AvgIpc) is 2.83. The second-order valence-electron chi connectivity index (χ2n) is 3.88. The molecule has 1 heterocycles. The third-order valence-electron chi connectivity index (χ3n) is 2.58. The highest BCUT2D eigenvalue weighted by Crippen LogP contribution is 2.23. The summed E-state index contributed by atoms with van der Waals surface area (Å²) < 4.78 is 6.03. The molecular formula is C13H12BrNO2S. The lowest BCUT2D eigenvalue weighted by Gasteiger charge is -2.09. The van der Waals surface area contributed by atoms with E-state index in [0.717, 1.165) is 15.6 Å². The molecule has 0 spiro atoms. The van der Waals surface area contributed by atoms with E-state index in [1.54, 1.807) is 23.5 Å². The van der Waals surface area contributed by atoms with Gasteiger partial charge in [-0.15, -0.1) is 0 Å². The Hall–Kier alpha value is -1.33. The average molecular weight is 326 g/mol. The second kappa shape index (κ2) is 5.54. The smallest absolute Gasteiger partial charge is 0.338 e. The van der Waals surface area contributed by atoms with Crippen LogP contribution in [0.5, 0.6) is 0 Å². The van der Waals surface area contributed by atoms with Crippen molar-refractivity contribution in [3.8, 4) is 0 Å². The molecule has 94 valence electrons. The molecule has 5 heteroatoms. The van der Waals surface area contributed by atoms with Gasteiger partial charge >= 0.3 is 5.97 Å². The molecule has 0 radical (unpaired) electrons. The molecule has 3 nitrogen and oxygen atoms in total. The first-order chi connectivity index (χ1) is 8.58. The topological polar surface area (TPSA) is 52.3 Å². The summed E-state index contributed by atoms with van der Waals surface area (Å²) >= 11 is 4.90.